The maximum atomic E-state index is 13.3. The topological polar surface area (TPSA) is 46.6 Å². The Morgan fingerprint density at radius 1 is 0.880 bits per heavy atom. The van der Waals surface area contributed by atoms with Gasteiger partial charge in [-0.1, -0.05) is 48.5 Å². The SMILES string of the molecule is COc1ccc(S(=O)(=O)N2CCc3ccccc3C2)c2ccccc12. The van der Waals surface area contributed by atoms with E-state index in [-0.39, 0.29) is 0 Å². The van der Waals surface area contributed by atoms with Gasteiger partial charge in [0, 0.05) is 23.9 Å². The van der Waals surface area contributed by atoms with Gasteiger partial charge in [-0.25, -0.2) is 8.42 Å². The summed E-state index contributed by atoms with van der Waals surface area (Å²) in [5.41, 5.74) is 2.31. The molecule has 0 unspecified atom stereocenters. The van der Waals surface area contributed by atoms with Crippen molar-refractivity contribution >= 4 is 20.8 Å². The van der Waals surface area contributed by atoms with E-state index in [0.717, 1.165) is 17.4 Å². The molecule has 128 valence electrons. The normalized spacial score (nSPS) is 15.1. The van der Waals surface area contributed by atoms with E-state index in [1.165, 1.54) is 5.56 Å². The van der Waals surface area contributed by atoms with Crippen LogP contribution in [0.2, 0.25) is 0 Å². The summed E-state index contributed by atoms with van der Waals surface area (Å²) in [4.78, 5) is 0.336. The zero-order valence-electron chi connectivity index (χ0n) is 14.0. The Labute approximate surface area is 147 Å². The van der Waals surface area contributed by atoms with E-state index in [4.69, 9.17) is 4.74 Å². The summed E-state index contributed by atoms with van der Waals surface area (Å²) in [6, 6.07) is 18.9. The van der Waals surface area contributed by atoms with Gasteiger partial charge in [-0.3, -0.25) is 0 Å². The van der Waals surface area contributed by atoms with Crippen molar-refractivity contribution in [1.29, 1.82) is 0 Å². The summed E-state index contributed by atoms with van der Waals surface area (Å²) in [6.45, 7) is 0.915. The number of methoxy groups -OCH3 is 1. The third-order valence-electron chi connectivity index (χ3n) is 4.78. The summed E-state index contributed by atoms with van der Waals surface area (Å²) >= 11 is 0. The summed E-state index contributed by atoms with van der Waals surface area (Å²) in [5, 5.41) is 1.50. The number of hydrogen-bond donors (Lipinski definition) is 0. The lowest BCUT2D eigenvalue weighted by molar-refractivity contribution is 0.391. The molecule has 0 aromatic heterocycles. The Balaban J connectivity index is 1.81. The molecule has 1 aliphatic rings. The number of nitrogens with zero attached hydrogens (tertiary/aromatic N) is 1. The predicted molar refractivity (Wildman–Crippen MR) is 98.2 cm³/mol. The van der Waals surface area contributed by atoms with Gasteiger partial charge in [0.25, 0.3) is 0 Å². The molecule has 0 saturated carbocycles. The monoisotopic (exact) mass is 353 g/mol. The lowest BCUT2D eigenvalue weighted by Crippen LogP contribution is -2.36. The third kappa shape index (κ3) is 2.69. The van der Waals surface area contributed by atoms with E-state index in [9.17, 15) is 8.42 Å². The van der Waals surface area contributed by atoms with Crippen LogP contribution in [0.25, 0.3) is 10.8 Å². The Morgan fingerprint density at radius 3 is 2.32 bits per heavy atom. The average Bonchev–Trinajstić information content (AvgIpc) is 2.66. The van der Waals surface area contributed by atoms with Gasteiger partial charge in [-0.15, -0.1) is 0 Å². The van der Waals surface area contributed by atoms with E-state index < -0.39 is 10.0 Å². The van der Waals surface area contributed by atoms with Gasteiger partial charge >= 0.3 is 0 Å². The molecule has 0 aliphatic carbocycles. The van der Waals surface area contributed by atoms with E-state index in [1.54, 1.807) is 23.5 Å². The molecule has 0 bridgehead atoms. The molecule has 0 fully saturated rings. The van der Waals surface area contributed by atoms with Crippen molar-refractivity contribution in [2.24, 2.45) is 0 Å². The minimum absolute atomic E-state index is 0.336. The van der Waals surface area contributed by atoms with Crippen LogP contribution in [-0.2, 0) is 23.0 Å². The van der Waals surface area contributed by atoms with Gasteiger partial charge in [0.1, 0.15) is 5.75 Å². The van der Waals surface area contributed by atoms with E-state index >= 15 is 0 Å². The molecule has 25 heavy (non-hydrogen) atoms. The molecule has 3 aromatic carbocycles. The molecular weight excluding hydrogens is 334 g/mol. The summed E-state index contributed by atoms with van der Waals surface area (Å²) < 4.78 is 33.5. The van der Waals surface area contributed by atoms with Crippen molar-refractivity contribution in [1.82, 2.24) is 4.31 Å². The fraction of sp³-hybridized carbons (Fsp3) is 0.200. The fourth-order valence-corrected chi connectivity index (χ4v) is 5.08. The highest BCUT2D eigenvalue weighted by Gasteiger charge is 2.29. The van der Waals surface area contributed by atoms with Crippen LogP contribution < -0.4 is 4.74 Å². The number of ether oxygens (including phenoxy) is 1. The second kappa shape index (κ2) is 6.17. The van der Waals surface area contributed by atoms with Crippen molar-refractivity contribution in [3.8, 4) is 5.75 Å². The molecule has 3 aromatic rings. The predicted octanol–water partition coefficient (Wildman–Crippen LogP) is 3.60. The van der Waals surface area contributed by atoms with Crippen molar-refractivity contribution in [2.45, 2.75) is 17.9 Å². The van der Waals surface area contributed by atoms with Crippen LogP contribution in [0, 0.1) is 0 Å². The zero-order chi connectivity index (χ0) is 17.4. The second-order valence-corrected chi connectivity index (χ2v) is 8.08. The second-order valence-electron chi connectivity index (χ2n) is 6.17. The van der Waals surface area contributed by atoms with Gasteiger partial charge < -0.3 is 4.74 Å². The largest absolute Gasteiger partial charge is 0.496 e. The van der Waals surface area contributed by atoms with Crippen molar-refractivity contribution in [2.75, 3.05) is 13.7 Å². The first kappa shape index (κ1) is 16.1. The first-order valence-electron chi connectivity index (χ1n) is 8.24. The molecule has 4 nitrogen and oxygen atoms in total. The van der Waals surface area contributed by atoms with Gasteiger partial charge in [-0.05, 0) is 29.7 Å². The molecule has 0 N–H and O–H groups in total. The van der Waals surface area contributed by atoms with E-state index in [2.05, 4.69) is 6.07 Å². The standard InChI is InChI=1S/C20H19NO3S/c1-24-19-10-11-20(18-9-5-4-8-17(18)19)25(22,23)21-13-12-15-6-2-3-7-16(15)14-21/h2-11H,12-14H2,1H3. The zero-order valence-corrected chi connectivity index (χ0v) is 14.8. The van der Waals surface area contributed by atoms with E-state index in [1.807, 2.05) is 42.5 Å². The molecule has 0 amide bonds. The molecule has 1 aliphatic heterocycles. The van der Waals surface area contributed by atoms with Crippen LogP contribution in [0.5, 0.6) is 5.75 Å². The summed E-state index contributed by atoms with van der Waals surface area (Å²) in [7, 11) is -1.98. The Bertz CT molecular complexity index is 1040. The minimum atomic E-state index is -3.58. The third-order valence-corrected chi connectivity index (χ3v) is 6.68. The quantitative estimate of drug-likeness (QED) is 0.723. The van der Waals surface area contributed by atoms with Crippen LogP contribution in [0.3, 0.4) is 0 Å². The first-order chi connectivity index (χ1) is 12.1. The lowest BCUT2D eigenvalue weighted by atomic mass is 10.0. The van der Waals surface area contributed by atoms with Crippen molar-refractivity contribution in [3.05, 3.63) is 71.8 Å². The highest BCUT2D eigenvalue weighted by Crippen LogP contribution is 2.33. The van der Waals surface area contributed by atoms with Crippen molar-refractivity contribution in [3.63, 3.8) is 0 Å². The Morgan fingerprint density at radius 2 is 1.56 bits per heavy atom. The maximum absolute atomic E-state index is 13.3. The van der Waals surface area contributed by atoms with Gasteiger partial charge in [0.15, 0.2) is 0 Å². The van der Waals surface area contributed by atoms with Crippen LogP contribution >= 0.6 is 0 Å². The Hall–Kier alpha value is -2.37. The number of fused-ring (bicyclic) bond motifs is 2. The molecule has 0 spiro atoms. The number of rotatable bonds is 3. The van der Waals surface area contributed by atoms with Crippen molar-refractivity contribution < 1.29 is 13.2 Å². The number of sulfonamides is 1. The van der Waals surface area contributed by atoms with Crippen LogP contribution in [0.4, 0.5) is 0 Å². The number of hydrogen-bond acceptors (Lipinski definition) is 3. The lowest BCUT2D eigenvalue weighted by Gasteiger charge is -2.28. The first-order valence-corrected chi connectivity index (χ1v) is 9.68. The fourth-order valence-electron chi connectivity index (χ4n) is 3.46. The molecule has 1 heterocycles. The van der Waals surface area contributed by atoms with Crippen LogP contribution in [-0.4, -0.2) is 26.4 Å². The molecular formula is C20H19NO3S. The summed E-state index contributed by atoms with van der Waals surface area (Å²) in [5.74, 6) is 0.679. The molecule has 4 rings (SSSR count). The van der Waals surface area contributed by atoms with Crippen LogP contribution in [0.1, 0.15) is 11.1 Å². The highest BCUT2D eigenvalue weighted by atomic mass is 32.2. The van der Waals surface area contributed by atoms with E-state index in [0.29, 0.717) is 29.1 Å². The average molecular weight is 353 g/mol. The van der Waals surface area contributed by atoms with Gasteiger partial charge in [0.05, 0.1) is 12.0 Å². The molecule has 0 atom stereocenters. The smallest absolute Gasteiger partial charge is 0.244 e. The minimum Gasteiger partial charge on any atom is -0.496 e. The highest BCUT2D eigenvalue weighted by molar-refractivity contribution is 7.89. The van der Waals surface area contributed by atoms with Gasteiger partial charge in [0.2, 0.25) is 10.0 Å². The molecule has 5 heteroatoms. The maximum Gasteiger partial charge on any atom is 0.244 e. The number of benzene rings is 3. The Kier molecular flexibility index (Phi) is 3.98. The molecule has 0 radical (unpaired) electrons. The molecule has 0 saturated heterocycles. The van der Waals surface area contributed by atoms with Crippen LogP contribution in [0.15, 0.2) is 65.6 Å². The van der Waals surface area contributed by atoms with Gasteiger partial charge in [-0.2, -0.15) is 4.31 Å². The summed E-state index contributed by atoms with van der Waals surface area (Å²) in [6.07, 6.45) is 0.740.